The number of carbonyl (C=O) groups is 1. The summed E-state index contributed by atoms with van der Waals surface area (Å²) in [6.45, 7) is 2.10. The highest BCUT2D eigenvalue weighted by Crippen LogP contribution is 2.15. The molecule has 3 nitrogen and oxygen atoms in total. The lowest BCUT2D eigenvalue weighted by molar-refractivity contribution is -0.122. The van der Waals surface area contributed by atoms with Gasteiger partial charge in [-0.3, -0.25) is 4.79 Å². The van der Waals surface area contributed by atoms with Crippen molar-refractivity contribution < 1.29 is 9.18 Å². The SMILES string of the molecule is CNC(C)C(=O)NCc1ccc(F)c(Cl)c1. The molecule has 88 valence electrons. The van der Waals surface area contributed by atoms with Crippen molar-refractivity contribution in [2.75, 3.05) is 7.05 Å². The van der Waals surface area contributed by atoms with Crippen LogP contribution in [0.2, 0.25) is 5.02 Å². The van der Waals surface area contributed by atoms with Crippen molar-refractivity contribution >= 4 is 17.5 Å². The highest BCUT2D eigenvalue weighted by molar-refractivity contribution is 6.30. The molecule has 0 saturated carbocycles. The first-order chi connectivity index (χ1) is 7.54. The lowest BCUT2D eigenvalue weighted by Crippen LogP contribution is -2.39. The molecule has 0 aliphatic carbocycles. The standard InChI is InChI=1S/C11H14ClFN2O/c1-7(14-2)11(16)15-6-8-3-4-10(13)9(12)5-8/h3-5,7,14H,6H2,1-2H3,(H,15,16). The third kappa shape index (κ3) is 3.47. The Morgan fingerprint density at radius 1 is 1.56 bits per heavy atom. The Morgan fingerprint density at radius 3 is 2.81 bits per heavy atom. The van der Waals surface area contributed by atoms with Crippen molar-refractivity contribution in [2.45, 2.75) is 19.5 Å². The second kappa shape index (κ2) is 5.82. The van der Waals surface area contributed by atoms with Gasteiger partial charge in [0.15, 0.2) is 0 Å². The molecule has 0 radical (unpaired) electrons. The summed E-state index contributed by atoms with van der Waals surface area (Å²) >= 11 is 5.62. The first kappa shape index (κ1) is 12.9. The van der Waals surface area contributed by atoms with Crippen LogP contribution in [-0.2, 0) is 11.3 Å². The maximum Gasteiger partial charge on any atom is 0.237 e. The molecule has 1 aromatic rings. The lowest BCUT2D eigenvalue weighted by atomic mass is 10.2. The number of hydrogen-bond donors (Lipinski definition) is 2. The van der Waals surface area contributed by atoms with Gasteiger partial charge in [0, 0.05) is 6.54 Å². The third-order valence-corrected chi connectivity index (χ3v) is 2.57. The van der Waals surface area contributed by atoms with Crippen LogP contribution in [0.1, 0.15) is 12.5 Å². The first-order valence-electron chi connectivity index (χ1n) is 4.93. The van der Waals surface area contributed by atoms with Gasteiger partial charge < -0.3 is 10.6 Å². The molecule has 0 aliphatic rings. The lowest BCUT2D eigenvalue weighted by Gasteiger charge is -2.11. The van der Waals surface area contributed by atoms with E-state index < -0.39 is 5.82 Å². The Labute approximate surface area is 99.0 Å². The quantitative estimate of drug-likeness (QED) is 0.847. The molecule has 1 unspecified atom stereocenters. The second-order valence-corrected chi connectivity index (χ2v) is 3.88. The topological polar surface area (TPSA) is 41.1 Å². The molecule has 2 N–H and O–H groups in total. The molecule has 0 bridgehead atoms. The van der Waals surface area contributed by atoms with Crippen molar-refractivity contribution in [3.8, 4) is 0 Å². The number of hydrogen-bond acceptors (Lipinski definition) is 2. The fraction of sp³-hybridized carbons (Fsp3) is 0.364. The zero-order valence-corrected chi connectivity index (χ0v) is 9.94. The van der Waals surface area contributed by atoms with E-state index in [1.165, 1.54) is 12.1 Å². The number of benzene rings is 1. The van der Waals surface area contributed by atoms with E-state index in [0.29, 0.717) is 6.54 Å². The summed E-state index contributed by atoms with van der Waals surface area (Å²) in [6.07, 6.45) is 0. The normalized spacial score (nSPS) is 12.2. The third-order valence-electron chi connectivity index (χ3n) is 2.28. The number of carbonyl (C=O) groups excluding carboxylic acids is 1. The number of amides is 1. The Balaban J connectivity index is 2.55. The van der Waals surface area contributed by atoms with E-state index in [1.807, 2.05) is 0 Å². The summed E-state index contributed by atoms with van der Waals surface area (Å²) in [5.41, 5.74) is 0.767. The molecule has 1 atom stereocenters. The highest BCUT2D eigenvalue weighted by Gasteiger charge is 2.09. The van der Waals surface area contributed by atoms with Crippen LogP contribution in [0.3, 0.4) is 0 Å². The maximum atomic E-state index is 12.9. The van der Waals surface area contributed by atoms with E-state index in [-0.39, 0.29) is 17.0 Å². The van der Waals surface area contributed by atoms with Gasteiger partial charge in [-0.15, -0.1) is 0 Å². The van der Waals surface area contributed by atoms with Gasteiger partial charge in [-0.1, -0.05) is 17.7 Å². The number of halogens is 2. The minimum absolute atomic E-state index is 0.0633. The second-order valence-electron chi connectivity index (χ2n) is 3.48. The number of nitrogens with one attached hydrogen (secondary N) is 2. The molecule has 0 aromatic heterocycles. The van der Waals surface area contributed by atoms with E-state index in [2.05, 4.69) is 10.6 Å². The van der Waals surface area contributed by atoms with E-state index in [9.17, 15) is 9.18 Å². The number of likely N-dealkylation sites (N-methyl/N-ethyl adjacent to an activating group) is 1. The molecule has 16 heavy (non-hydrogen) atoms. The highest BCUT2D eigenvalue weighted by atomic mass is 35.5. The summed E-state index contributed by atoms with van der Waals surface area (Å²) in [5.74, 6) is -0.566. The zero-order valence-electron chi connectivity index (χ0n) is 9.18. The summed E-state index contributed by atoms with van der Waals surface area (Å²) in [7, 11) is 1.71. The maximum absolute atomic E-state index is 12.9. The molecule has 5 heteroatoms. The molecule has 0 heterocycles. The van der Waals surface area contributed by atoms with Crippen LogP contribution in [-0.4, -0.2) is 19.0 Å². The minimum atomic E-state index is -0.458. The summed E-state index contributed by atoms with van der Waals surface area (Å²) in [6, 6.07) is 4.12. The molecular formula is C11H14ClFN2O. The van der Waals surface area contributed by atoms with E-state index in [0.717, 1.165) is 5.56 Å². The predicted molar refractivity (Wildman–Crippen MR) is 61.8 cm³/mol. The average molecular weight is 245 g/mol. The van der Waals surface area contributed by atoms with Crippen LogP contribution in [0.5, 0.6) is 0 Å². The average Bonchev–Trinajstić information content (AvgIpc) is 2.29. The largest absolute Gasteiger partial charge is 0.351 e. The van der Waals surface area contributed by atoms with Crippen LogP contribution in [0.4, 0.5) is 4.39 Å². The van der Waals surface area contributed by atoms with E-state index in [4.69, 9.17) is 11.6 Å². The molecular weight excluding hydrogens is 231 g/mol. The number of rotatable bonds is 4. The minimum Gasteiger partial charge on any atom is -0.351 e. The predicted octanol–water partition coefficient (Wildman–Crippen LogP) is 1.70. The van der Waals surface area contributed by atoms with Crippen LogP contribution in [0.25, 0.3) is 0 Å². The Hall–Kier alpha value is -1.13. The van der Waals surface area contributed by atoms with Gasteiger partial charge in [-0.25, -0.2) is 4.39 Å². The molecule has 1 aromatic carbocycles. The summed E-state index contributed by atoms with van der Waals surface area (Å²) in [5, 5.41) is 5.60. The molecule has 0 aliphatic heterocycles. The molecule has 1 rings (SSSR count). The van der Waals surface area contributed by atoms with Gasteiger partial charge in [-0.05, 0) is 31.7 Å². The molecule has 1 amide bonds. The first-order valence-corrected chi connectivity index (χ1v) is 5.31. The van der Waals surface area contributed by atoms with Gasteiger partial charge in [0.05, 0.1) is 11.1 Å². The fourth-order valence-corrected chi connectivity index (χ4v) is 1.33. The zero-order chi connectivity index (χ0) is 12.1. The molecule has 0 spiro atoms. The van der Waals surface area contributed by atoms with Crippen LogP contribution in [0, 0.1) is 5.82 Å². The monoisotopic (exact) mass is 244 g/mol. The van der Waals surface area contributed by atoms with Crippen molar-refractivity contribution in [3.05, 3.63) is 34.6 Å². The summed E-state index contributed by atoms with van der Waals surface area (Å²) < 4.78 is 12.9. The van der Waals surface area contributed by atoms with Crippen molar-refractivity contribution in [3.63, 3.8) is 0 Å². The van der Waals surface area contributed by atoms with Gasteiger partial charge in [-0.2, -0.15) is 0 Å². The Morgan fingerprint density at radius 2 is 2.25 bits per heavy atom. The van der Waals surface area contributed by atoms with Crippen molar-refractivity contribution in [2.24, 2.45) is 0 Å². The van der Waals surface area contributed by atoms with Crippen LogP contribution in [0.15, 0.2) is 18.2 Å². The molecule has 0 fully saturated rings. The van der Waals surface area contributed by atoms with Gasteiger partial charge in [0.2, 0.25) is 5.91 Å². The Kier molecular flexibility index (Phi) is 4.71. The molecule has 0 saturated heterocycles. The van der Waals surface area contributed by atoms with Gasteiger partial charge in [0.1, 0.15) is 5.82 Å². The van der Waals surface area contributed by atoms with Crippen molar-refractivity contribution in [1.82, 2.24) is 10.6 Å². The van der Waals surface area contributed by atoms with Crippen molar-refractivity contribution in [1.29, 1.82) is 0 Å². The smallest absolute Gasteiger partial charge is 0.237 e. The van der Waals surface area contributed by atoms with Crippen LogP contribution < -0.4 is 10.6 Å². The van der Waals surface area contributed by atoms with Gasteiger partial charge in [0.25, 0.3) is 0 Å². The van der Waals surface area contributed by atoms with E-state index in [1.54, 1.807) is 20.0 Å². The van der Waals surface area contributed by atoms with E-state index >= 15 is 0 Å². The van der Waals surface area contributed by atoms with Gasteiger partial charge >= 0.3 is 0 Å². The van der Waals surface area contributed by atoms with Crippen LogP contribution >= 0.6 is 11.6 Å². The Bertz CT molecular complexity index is 384. The summed E-state index contributed by atoms with van der Waals surface area (Å²) in [4.78, 5) is 11.4. The fourth-order valence-electron chi connectivity index (χ4n) is 1.12.